The summed E-state index contributed by atoms with van der Waals surface area (Å²) in [5, 5.41) is 12.7. The lowest BCUT2D eigenvalue weighted by Gasteiger charge is -2.31. The molecule has 0 saturated carbocycles. The standard InChI is InChI=1S/C23H30N6O2S2.C18H20N4O4S3/c1-14(2)31-19-6-5-16(22(24)30)11-17(19)26-23-27-18(13-32-23)21-15(3)25-20(33-21)12-29-9-7-28(4)8-10-29;1-9(2)26-14-6-5-11(16(19)23)7-12(14)21-17-22-13(8-27-17)15-10(3)20-18(28-15)29(4,24)25/h5-6,11,13-14H,7-10,12H2,1-4H3,(H2,24,30)(H,26,27);5-9H,1-4H3,(H2,19,23)(H,21,22). The summed E-state index contributed by atoms with van der Waals surface area (Å²) >= 11 is 5.64. The predicted molar refractivity (Wildman–Crippen MR) is 250 cm³/mol. The van der Waals surface area contributed by atoms with E-state index >= 15 is 0 Å². The van der Waals surface area contributed by atoms with Crippen LogP contribution < -0.4 is 31.6 Å². The van der Waals surface area contributed by atoms with E-state index in [1.54, 1.807) is 54.7 Å². The van der Waals surface area contributed by atoms with Crippen LogP contribution in [0.1, 0.15) is 64.8 Å². The van der Waals surface area contributed by atoms with E-state index in [1.807, 2.05) is 45.4 Å². The van der Waals surface area contributed by atoms with Crippen LogP contribution >= 0.6 is 45.3 Å². The maximum absolute atomic E-state index is 11.8. The van der Waals surface area contributed by atoms with Crippen molar-refractivity contribution in [2.75, 3.05) is 50.1 Å². The van der Waals surface area contributed by atoms with Gasteiger partial charge in [0.05, 0.1) is 62.7 Å². The van der Waals surface area contributed by atoms with Crippen molar-refractivity contribution in [3.63, 3.8) is 0 Å². The van der Waals surface area contributed by atoms with Crippen LogP contribution in [0.3, 0.4) is 0 Å². The fraction of sp³-hybridized carbons (Fsp3) is 0.366. The summed E-state index contributed by atoms with van der Waals surface area (Å²) in [5.41, 5.74) is 16.0. The minimum atomic E-state index is -3.38. The number of amides is 2. The Labute approximate surface area is 377 Å². The summed E-state index contributed by atoms with van der Waals surface area (Å²) in [5.74, 6) is 0.185. The van der Waals surface area contributed by atoms with E-state index < -0.39 is 21.7 Å². The van der Waals surface area contributed by atoms with Gasteiger partial charge in [0.2, 0.25) is 26.0 Å². The number of nitrogens with zero attached hydrogens (tertiary/aromatic N) is 6. The molecule has 0 spiro atoms. The number of carbonyl (C=O) groups excluding carboxylic acids is 2. The molecule has 2 amide bonds. The number of rotatable bonds is 15. The molecule has 6 N–H and O–H groups in total. The number of aromatic nitrogens is 4. The van der Waals surface area contributed by atoms with Crippen LogP contribution in [-0.2, 0) is 16.4 Å². The number of benzene rings is 2. The van der Waals surface area contributed by atoms with Crippen molar-refractivity contribution in [1.29, 1.82) is 0 Å². The van der Waals surface area contributed by atoms with Gasteiger partial charge in [-0.05, 0) is 85.0 Å². The molecular formula is C41H50N10O6S5. The molecule has 7 rings (SSSR count). The van der Waals surface area contributed by atoms with Crippen LogP contribution in [0.5, 0.6) is 11.5 Å². The zero-order valence-corrected chi connectivity index (χ0v) is 39.7. The maximum Gasteiger partial charge on any atom is 0.248 e. The Kier molecular flexibility index (Phi) is 15.0. The zero-order chi connectivity index (χ0) is 44.9. The lowest BCUT2D eigenvalue weighted by atomic mass is 10.1. The highest BCUT2D eigenvalue weighted by atomic mass is 32.2. The third-order valence-corrected chi connectivity index (χ3v) is 14.6. The topological polar surface area (TPSA) is 221 Å². The Hall–Kier alpha value is -5.03. The van der Waals surface area contributed by atoms with Gasteiger partial charge in [-0.25, -0.2) is 28.4 Å². The van der Waals surface area contributed by atoms with E-state index in [1.165, 1.54) is 22.7 Å². The molecule has 4 aromatic heterocycles. The second-order valence-corrected chi connectivity index (χ2v) is 21.1. The number of thiazole rings is 4. The first-order valence-electron chi connectivity index (χ1n) is 19.5. The van der Waals surface area contributed by atoms with E-state index in [9.17, 15) is 18.0 Å². The van der Waals surface area contributed by atoms with Crippen molar-refractivity contribution >= 4 is 88.6 Å². The Morgan fingerprint density at radius 2 is 1.21 bits per heavy atom. The monoisotopic (exact) mass is 938 g/mol. The third-order valence-electron chi connectivity index (χ3n) is 9.10. The van der Waals surface area contributed by atoms with Crippen LogP contribution in [0.2, 0.25) is 0 Å². The molecule has 2 aromatic carbocycles. The lowest BCUT2D eigenvalue weighted by Crippen LogP contribution is -2.43. The van der Waals surface area contributed by atoms with E-state index in [4.69, 9.17) is 30.9 Å². The van der Waals surface area contributed by atoms with Crippen LogP contribution in [0, 0.1) is 13.8 Å². The van der Waals surface area contributed by atoms with Crippen molar-refractivity contribution in [3.05, 3.63) is 74.7 Å². The molecule has 0 atom stereocenters. The Morgan fingerprint density at radius 3 is 1.65 bits per heavy atom. The van der Waals surface area contributed by atoms with Gasteiger partial charge >= 0.3 is 0 Å². The second-order valence-electron chi connectivity index (χ2n) is 15.1. The predicted octanol–water partition coefficient (Wildman–Crippen LogP) is 7.56. The molecule has 0 unspecified atom stereocenters. The maximum atomic E-state index is 11.8. The molecule has 5 heterocycles. The summed E-state index contributed by atoms with van der Waals surface area (Å²) < 4.78 is 35.3. The van der Waals surface area contributed by atoms with Gasteiger partial charge in [-0.2, -0.15) is 0 Å². The number of anilines is 4. The van der Waals surface area contributed by atoms with E-state index in [0.29, 0.717) is 60.5 Å². The van der Waals surface area contributed by atoms with Gasteiger partial charge < -0.3 is 36.5 Å². The number of nitrogens with two attached hydrogens (primary N) is 2. The first-order valence-corrected chi connectivity index (χ1v) is 24.8. The number of nitrogens with one attached hydrogen (secondary N) is 2. The average Bonchev–Trinajstić information content (AvgIpc) is 4.01. The molecule has 16 nitrogen and oxygen atoms in total. The van der Waals surface area contributed by atoms with Crippen molar-refractivity contribution in [3.8, 4) is 32.6 Å². The zero-order valence-electron chi connectivity index (χ0n) is 35.6. The van der Waals surface area contributed by atoms with Crippen LogP contribution in [-0.4, -0.2) is 102 Å². The van der Waals surface area contributed by atoms with Crippen LogP contribution in [0.4, 0.5) is 21.6 Å². The molecule has 1 aliphatic heterocycles. The third kappa shape index (κ3) is 12.1. The first-order chi connectivity index (χ1) is 29.3. The van der Waals surface area contributed by atoms with Crippen LogP contribution in [0.15, 0.2) is 51.5 Å². The average molecular weight is 939 g/mol. The lowest BCUT2D eigenvalue weighted by molar-refractivity contribution is 0.0992. The summed E-state index contributed by atoms with van der Waals surface area (Å²) in [4.78, 5) is 48.1. The number of ether oxygens (including phenoxy) is 2. The second kappa shape index (κ2) is 20.0. The molecule has 1 aliphatic rings. The summed E-state index contributed by atoms with van der Waals surface area (Å²) in [6.45, 7) is 16.7. The number of carbonyl (C=O) groups is 2. The van der Waals surface area contributed by atoms with Gasteiger partial charge in [0.1, 0.15) is 16.5 Å². The SMILES string of the molecule is Cc1nc(CN2CCN(C)CC2)sc1-c1csc(Nc2cc(C(N)=O)ccc2OC(C)C)n1.Cc1nc(S(C)(=O)=O)sc1-c1csc(Nc2cc(C(N)=O)ccc2OC(C)C)n1. The highest BCUT2D eigenvalue weighted by Crippen LogP contribution is 2.38. The number of piperazine rings is 1. The molecular weight excluding hydrogens is 889 g/mol. The quantitative estimate of drug-likeness (QED) is 0.0781. The van der Waals surface area contributed by atoms with Crippen molar-refractivity contribution in [2.24, 2.45) is 11.5 Å². The van der Waals surface area contributed by atoms with Crippen molar-refractivity contribution < 1.29 is 27.5 Å². The highest BCUT2D eigenvalue weighted by Gasteiger charge is 2.21. The first kappa shape index (κ1) is 46.5. The summed E-state index contributed by atoms with van der Waals surface area (Å²) in [6, 6.07) is 10.0. The number of aryl methyl sites for hydroxylation is 2. The normalized spacial score (nSPS) is 13.5. The number of likely N-dealkylation sites (N-methyl/N-ethyl adjacent to an activating group) is 1. The Bertz CT molecular complexity index is 2640. The minimum absolute atomic E-state index is 0.00426. The van der Waals surface area contributed by atoms with Crippen molar-refractivity contribution in [2.45, 2.75) is 64.6 Å². The number of primary amides is 2. The van der Waals surface area contributed by atoms with Gasteiger partial charge in [-0.1, -0.05) is 0 Å². The Balaban J connectivity index is 0.000000209. The molecule has 1 fully saturated rings. The molecule has 0 radical (unpaired) electrons. The number of hydrogen-bond acceptors (Lipinski definition) is 18. The van der Waals surface area contributed by atoms with Crippen LogP contribution in [0.25, 0.3) is 21.1 Å². The van der Waals surface area contributed by atoms with E-state index in [0.717, 1.165) is 71.6 Å². The van der Waals surface area contributed by atoms with Gasteiger partial charge in [0.15, 0.2) is 10.3 Å². The molecule has 62 heavy (non-hydrogen) atoms. The van der Waals surface area contributed by atoms with Gasteiger partial charge in [0.25, 0.3) is 0 Å². The summed E-state index contributed by atoms with van der Waals surface area (Å²) in [6.07, 6.45) is 1.07. The fourth-order valence-corrected chi connectivity index (χ4v) is 10.7. The summed E-state index contributed by atoms with van der Waals surface area (Å²) in [7, 11) is -1.21. The Morgan fingerprint density at radius 1 is 0.742 bits per heavy atom. The van der Waals surface area contributed by atoms with E-state index in [2.05, 4.69) is 37.4 Å². The number of hydrogen-bond donors (Lipinski definition) is 4. The molecule has 21 heteroatoms. The molecule has 0 bridgehead atoms. The highest BCUT2D eigenvalue weighted by molar-refractivity contribution is 7.92. The molecule has 6 aromatic rings. The fourth-order valence-electron chi connectivity index (χ4n) is 6.10. The molecule has 1 saturated heterocycles. The minimum Gasteiger partial charge on any atom is -0.489 e. The number of sulfone groups is 1. The van der Waals surface area contributed by atoms with E-state index in [-0.39, 0.29) is 16.5 Å². The van der Waals surface area contributed by atoms with Gasteiger partial charge in [-0.15, -0.1) is 45.3 Å². The largest absolute Gasteiger partial charge is 0.489 e. The van der Waals surface area contributed by atoms with Gasteiger partial charge in [0, 0.05) is 54.3 Å². The van der Waals surface area contributed by atoms with Crippen molar-refractivity contribution in [1.82, 2.24) is 29.7 Å². The molecule has 330 valence electrons. The van der Waals surface area contributed by atoms with Gasteiger partial charge in [-0.3, -0.25) is 14.5 Å². The molecule has 0 aliphatic carbocycles. The smallest absolute Gasteiger partial charge is 0.248 e.